The summed E-state index contributed by atoms with van der Waals surface area (Å²) in [5.74, 6) is 0.976. The van der Waals surface area contributed by atoms with Gasteiger partial charge in [0, 0.05) is 5.57 Å². The zero-order valence-corrected chi connectivity index (χ0v) is 13.3. The Labute approximate surface area is 136 Å². The lowest BCUT2D eigenvalue weighted by atomic mass is 10.2. The van der Waals surface area contributed by atoms with E-state index < -0.39 is 5.97 Å². The van der Waals surface area contributed by atoms with Crippen LogP contribution in [0.5, 0.6) is 11.5 Å². The standard InChI is InChI=1S/C19H20O4/c1-3-21-19(20)18(23-17-12-8-5-9-13-17)15(2)14-22-16-10-6-4-7-11-16/h4-13H,3,14H2,1-2H3. The predicted octanol–water partition coefficient (Wildman–Crippen LogP) is 3.98. The van der Waals surface area contributed by atoms with Crippen molar-refractivity contribution < 1.29 is 19.0 Å². The van der Waals surface area contributed by atoms with Crippen LogP contribution in [0.15, 0.2) is 72.0 Å². The molecule has 0 aliphatic carbocycles. The van der Waals surface area contributed by atoms with Crippen molar-refractivity contribution >= 4 is 5.97 Å². The molecule has 0 N–H and O–H groups in total. The van der Waals surface area contributed by atoms with Gasteiger partial charge in [0.2, 0.25) is 5.76 Å². The summed E-state index contributed by atoms with van der Waals surface area (Å²) >= 11 is 0. The monoisotopic (exact) mass is 312 g/mol. The van der Waals surface area contributed by atoms with Gasteiger partial charge in [-0.3, -0.25) is 0 Å². The molecule has 0 aliphatic rings. The van der Waals surface area contributed by atoms with Gasteiger partial charge in [-0.2, -0.15) is 0 Å². The van der Waals surface area contributed by atoms with E-state index >= 15 is 0 Å². The van der Waals surface area contributed by atoms with Crippen LogP contribution in [0.4, 0.5) is 0 Å². The van der Waals surface area contributed by atoms with Gasteiger partial charge < -0.3 is 14.2 Å². The fraction of sp³-hybridized carbons (Fsp3) is 0.211. The summed E-state index contributed by atoms with van der Waals surface area (Å²) in [5, 5.41) is 0. The number of ether oxygens (including phenoxy) is 3. The van der Waals surface area contributed by atoms with Crippen molar-refractivity contribution in [1.29, 1.82) is 0 Å². The lowest BCUT2D eigenvalue weighted by Crippen LogP contribution is -2.17. The number of para-hydroxylation sites is 2. The highest BCUT2D eigenvalue weighted by atomic mass is 16.6. The first kappa shape index (κ1) is 16.6. The molecular formula is C19H20O4. The van der Waals surface area contributed by atoms with E-state index in [0.717, 1.165) is 5.75 Å². The van der Waals surface area contributed by atoms with Gasteiger partial charge in [-0.15, -0.1) is 0 Å². The number of carbonyl (C=O) groups is 1. The molecule has 0 radical (unpaired) electrons. The van der Waals surface area contributed by atoms with Crippen LogP contribution in [0.1, 0.15) is 13.8 Å². The van der Waals surface area contributed by atoms with Crippen LogP contribution in [-0.4, -0.2) is 19.2 Å². The SMILES string of the molecule is CCOC(=O)C(Oc1ccccc1)=C(C)COc1ccccc1. The van der Waals surface area contributed by atoms with E-state index in [1.165, 1.54) is 0 Å². The molecule has 0 amide bonds. The van der Waals surface area contributed by atoms with Crippen LogP contribution >= 0.6 is 0 Å². The van der Waals surface area contributed by atoms with Crippen molar-refractivity contribution in [3.8, 4) is 11.5 Å². The van der Waals surface area contributed by atoms with Crippen LogP contribution in [0.3, 0.4) is 0 Å². The van der Waals surface area contributed by atoms with Crippen molar-refractivity contribution in [2.24, 2.45) is 0 Å². The molecule has 0 saturated heterocycles. The number of carbonyl (C=O) groups excluding carboxylic acids is 1. The molecule has 0 aromatic heterocycles. The fourth-order valence-corrected chi connectivity index (χ4v) is 1.88. The summed E-state index contributed by atoms with van der Waals surface area (Å²) in [4.78, 5) is 12.1. The van der Waals surface area contributed by atoms with Crippen molar-refractivity contribution in [2.75, 3.05) is 13.2 Å². The van der Waals surface area contributed by atoms with Gasteiger partial charge in [-0.25, -0.2) is 4.79 Å². The zero-order valence-electron chi connectivity index (χ0n) is 13.3. The van der Waals surface area contributed by atoms with Crippen LogP contribution in [-0.2, 0) is 9.53 Å². The highest BCUT2D eigenvalue weighted by Gasteiger charge is 2.17. The average Bonchev–Trinajstić information content (AvgIpc) is 2.59. The van der Waals surface area contributed by atoms with E-state index in [-0.39, 0.29) is 19.0 Å². The van der Waals surface area contributed by atoms with Gasteiger partial charge in [0.25, 0.3) is 0 Å². The molecule has 0 atom stereocenters. The molecule has 120 valence electrons. The van der Waals surface area contributed by atoms with Gasteiger partial charge in [0.15, 0.2) is 0 Å². The number of hydrogen-bond acceptors (Lipinski definition) is 4. The Bertz CT molecular complexity index is 648. The van der Waals surface area contributed by atoms with Gasteiger partial charge in [-0.05, 0) is 38.1 Å². The average molecular weight is 312 g/mol. The van der Waals surface area contributed by atoms with Gasteiger partial charge in [0.05, 0.1) is 6.61 Å². The van der Waals surface area contributed by atoms with E-state index in [0.29, 0.717) is 11.3 Å². The first-order valence-electron chi connectivity index (χ1n) is 7.48. The van der Waals surface area contributed by atoms with Crippen molar-refractivity contribution in [3.05, 3.63) is 72.0 Å². The maximum absolute atomic E-state index is 12.1. The van der Waals surface area contributed by atoms with Crippen LogP contribution in [0, 0.1) is 0 Å². The first-order valence-corrected chi connectivity index (χ1v) is 7.48. The molecule has 0 saturated carbocycles. The van der Waals surface area contributed by atoms with E-state index in [2.05, 4.69) is 0 Å². The minimum atomic E-state index is -0.495. The Balaban J connectivity index is 2.14. The summed E-state index contributed by atoms with van der Waals surface area (Å²) in [6, 6.07) is 18.5. The highest BCUT2D eigenvalue weighted by Crippen LogP contribution is 2.18. The molecule has 0 aliphatic heterocycles. The third-order valence-corrected chi connectivity index (χ3v) is 3.01. The van der Waals surface area contributed by atoms with Gasteiger partial charge >= 0.3 is 5.97 Å². The molecule has 23 heavy (non-hydrogen) atoms. The summed E-state index contributed by atoms with van der Waals surface area (Å²) in [5.41, 5.74) is 0.663. The minimum Gasteiger partial charge on any atom is -0.489 e. The van der Waals surface area contributed by atoms with E-state index in [1.54, 1.807) is 26.0 Å². The smallest absolute Gasteiger partial charge is 0.374 e. The molecular weight excluding hydrogens is 292 g/mol. The molecule has 0 fully saturated rings. The maximum atomic E-state index is 12.1. The summed E-state index contributed by atoms with van der Waals surface area (Å²) in [7, 11) is 0. The summed E-state index contributed by atoms with van der Waals surface area (Å²) in [6.07, 6.45) is 0. The number of hydrogen-bond donors (Lipinski definition) is 0. The van der Waals surface area contributed by atoms with Crippen LogP contribution in [0.25, 0.3) is 0 Å². The zero-order chi connectivity index (χ0) is 16.5. The van der Waals surface area contributed by atoms with Gasteiger partial charge in [0.1, 0.15) is 18.1 Å². The van der Waals surface area contributed by atoms with Crippen molar-refractivity contribution in [1.82, 2.24) is 0 Å². The largest absolute Gasteiger partial charge is 0.489 e. The van der Waals surface area contributed by atoms with E-state index in [4.69, 9.17) is 14.2 Å². The predicted molar refractivity (Wildman–Crippen MR) is 88.3 cm³/mol. The third kappa shape index (κ3) is 5.18. The second-order valence-electron chi connectivity index (χ2n) is 4.85. The molecule has 0 spiro atoms. The van der Waals surface area contributed by atoms with Gasteiger partial charge in [-0.1, -0.05) is 36.4 Å². The third-order valence-electron chi connectivity index (χ3n) is 3.01. The summed E-state index contributed by atoms with van der Waals surface area (Å²) < 4.78 is 16.4. The normalized spacial score (nSPS) is 11.4. The Hall–Kier alpha value is -2.75. The molecule has 0 heterocycles. The Morgan fingerprint density at radius 1 is 0.913 bits per heavy atom. The number of benzene rings is 2. The number of esters is 1. The summed E-state index contributed by atoms with van der Waals surface area (Å²) in [6.45, 7) is 4.07. The maximum Gasteiger partial charge on any atom is 0.374 e. The van der Waals surface area contributed by atoms with Crippen molar-refractivity contribution in [3.63, 3.8) is 0 Å². The minimum absolute atomic E-state index is 0.161. The topological polar surface area (TPSA) is 44.8 Å². The first-order chi connectivity index (χ1) is 11.2. The molecule has 0 bridgehead atoms. The highest BCUT2D eigenvalue weighted by molar-refractivity contribution is 5.87. The lowest BCUT2D eigenvalue weighted by molar-refractivity contribution is -0.141. The molecule has 4 heteroatoms. The second-order valence-corrected chi connectivity index (χ2v) is 4.85. The Kier molecular flexibility index (Phi) is 6.24. The fourth-order valence-electron chi connectivity index (χ4n) is 1.88. The van der Waals surface area contributed by atoms with E-state index in [1.807, 2.05) is 48.5 Å². The van der Waals surface area contributed by atoms with Crippen LogP contribution < -0.4 is 9.47 Å². The van der Waals surface area contributed by atoms with Crippen LogP contribution in [0.2, 0.25) is 0 Å². The number of rotatable bonds is 7. The Morgan fingerprint density at radius 2 is 1.48 bits per heavy atom. The molecule has 2 rings (SSSR count). The second kappa shape index (κ2) is 8.63. The Morgan fingerprint density at radius 3 is 2.04 bits per heavy atom. The van der Waals surface area contributed by atoms with E-state index in [9.17, 15) is 4.79 Å². The quantitative estimate of drug-likeness (QED) is 0.441. The van der Waals surface area contributed by atoms with Crippen molar-refractivity contribution in [2.45, 2.75) is 13.8 Å². The lowest BCUT2D eigenvalue weighted by Gasteiger charge is -2.13. The molecule has 0 unspecified atom stereocenters. The molecule has 2 aromatic rings. The molecule has 2 aromatic carbocycles. The molecule has 4 nitrogen and oxygen atoms in total.